The predicted molar refractivity (Wildman–Crippen MR) is 71.9 cm³/mol. The van der Waals surface area contributed by atoms with Crippen molar-refractivity contribution in [3.63, 3.8) is 0 Å². The van der Waals surface area contributed by atoms with Crippen LogP contribution in [0.5, 0.6) is 0 Å². The fourth-order valence-corrected chi connectivity index (χ4v) is 1.66. The number of carbonyl (C=O) groups excluding carboxylic acids is 1. The van der Waals surface area contributed by atoms with Crippen LogP contribution in [0.15, 0.2) is 53.2 Å². The molecule has 2 aromatic heterocycles. The summed E-state index contributed by atoms with van der Waals surface area (Å²) < 4.78 is 18.1. The number of nitrogens with one attached hydrogen (secondary N) is 1. The molecule has 0 saturated heterocycles. The topological polar surface area (TPSA) is 80.9 Å². The molecule has 0 aliphatic rings. The third-order valence-electron chi connectivity index (χ3n) is 2.68. The first-order valence-electron chi connectivity index (χ1n) is 6.03. The number of halogens is 1. The Morgan fingerprint density at radius 2 is 1.76 bits per heavy atom. The molecule has 0 aliphatic carbocycles. The molecule has 104 valence electrons. The Balaban J connectivity index is 1.75. The van der Waals surface area contributed by atoms with Crippen LogP contribution in [0.25, 0.3) is 11.5 Å². The summed E-state index contributed by atoms with van der Waals surface area (Å²) in [4.78, 5) is 15.8. The Hall–Kier alpha value is -3.09. The Morgan fingerprint density at radius 1 is 1.05 bits per heavy atom. The molecule has 0 aliphatic heterocycles. The molecule has 0 atom stereocenters. The quantitative estimate of drug-likeness (QED) is 0.799. The molecule has 7 heteroatoms. The first-order chi connectivity index (χ1) is 10.2. The smallest absolute Gasteiger partial charge is 0.322 e. The van der Waals surface area contributed by atoms with E-state index in [1.807, 2.05) is 0 Å². The molecule has 6 nitrogen and oxygen atoms in total. The minimum atomic E-state index is -0.458. The van der Waals surface area contributed by atoms with Crippen molar-refractivity contribution in [3.05, 3.63) is 60.2 Å². The number of anilines is 1. The van der Waals surface area contributed by atoms with E-state index in [0.29, 0.717) is 11.1 Å². The molecule has 3 aromatic rings. The largest absolute Gasteiger partial charge is 0.403 e. The summed E-state index contributed by atoms with van der Waals surface area (Å²) in [6.45, 7) is 0. The minimum Gasteiger partial charge on any atom is -0.403 e. The third kappa shape index (κ3) is 2.92. The van der Waals surface area contributed by atoms with E-state index in [0.717, 1.165) is 0 Å². The molecule has 3 rings (SSSR count). The molecule has 2 heterocycles. The zero-order valence-electron chi connectivity index (χ0n) is 10.7. The fourth-order valence-electron chi connectivity index (χ4n) is 1.66. The molecule has 0 bridgehead atoms. The van der Waals surface area contributed by atoms with Gasteiger partial charge in [0.05, 0.1) is 0 Å². The molecular formula is C14H9FN4O2. The van der Waals surface area contributed by atoms with E-state index in [4.69, 9.17) is 4.42 Å². The Morgan fingerprint density at radius 3 is 2.48 bits per heavy atom. The summed E-state index contributed by atoms with van der Waals surface area (Å²) in [5, 5.41) is 10.0. The van der Waals surface area contributed by atoms with Crippen LogP contribution in [-0.2, 0) is 0 Å². The number of benzene rings is 1. The van der Waals surface area contributed by atoms with Crippen LogP contribution in [0.3, 0.4) is 0 Å². The molecule has 0 fully saturated rings. The number of carbonyl (C=O) groups is 1. The molecular weight excluding hydrogens is 275 g/mol. The Kier molecular flexibility index (Phi) is 3.38. The van der Waals surface area contributed by atoms with E-state index >= 15 is 0 Å². The second-order valence-electron chi connectivity index (χ2n) is 4.11. The average molecular weight is 284 g/mol. The number of rotatable bonds is 3. The zero-order chi connectivity index (χ0) is 14.7. The monoisotopic (exact) mass is 284 g/mol. The summed E-state index contributed by atoms with van der Waals surface area (Å²) in [5.41, 5.74) is 0.986. The SMILES string of the molecule is O=C(Nc1nnc(-c2ccncc2)o1)c1ccc(F)cc1. The predicted octanol–water partition coefficient (Wildman–Crippen LogP) is 2.52. The second-order valence-corrected chi connectivity index (χ2v) is 4.11. The first kappa shape index (κ1) is 12.9. The van der Waals surface area contributed by atoms with Gasteiger partial charge in [0.1, 0.15) is 5.82 Å². The van der Waals surface area contributed by atoms with E-state index in [-0.39, 0.29) is 11.9 Å². The Labute approximate surface area is 118 Å². The van der Waals surface area contributed by atoms with Gasteiger partial charge in [-0.25, -0.2) is 4.39 Å². The van der Waals surface area contributed by atoms with Gasteiger partial charge in [0, 0.05) is 23.5 Å². The van der Waals surface area contributed by atoms with Gasteiger partial charge >= 0.3 is 6.01 Å². The first-order valence-corrected chi connectivity index (χ1v) is 6.03. The van der Waals surface area contributed by atoms with Crippen LogP contribution in [-0.4, -0.2) is 21.1 Å². The summed E-state index contributed by atoms with van der Waals surface area (Å²) in [6, 6.07) is 8.51. The Bertz CT molecular complexity index is 756. The zero-order valence-corrected chi connectivity index (χ0v) is 10.7. The van der Waals surface area contributed by atoms with Crippen molar-refractivity contribution in [1.29, 1.82) is 0 Å². The van der Waals surface area contributed by atoms with Crippen LogP contribution in [0.2, 0.25) is 0 Å². The van der Waals surface area contributed by atoms with E-state index in [1.54, 1.807) is 24.5 Å². The average Bonchev–Trinajstić information content (AvgIpc) is 2.97. The van der Waals surface area contributed by atoms with Crippen LogP contribution in [0.1, 0.15) is 10.4 Å². The summed E-state index contributed by atoms with van der Waals surface area (Å²) >= 11 is 0. The molecule has 0 radical (unpaired) electrons. The number of hydrogen-bond donors (Lipinski definition) is 1. The second kappa shape index (κ2) is 5.49. The summed E-state index contributed by atoms with van der Waals surface area (Å²) in [7, 11) is 0. The van der Waals surface area contributed by atoms with Crippen molar-refractivity contribution < 1.29 is 13.6 Å². The van der Waals surface area contributed by atoms with E-state index in [2.05, 4.69) is 20.5 Å². The van der Waals surface area contributed by atoms with Crippen molar-refractivity contribution in [3.8, 4) is 11.5 Å². The van der Waals surface area contributed by atoms with E-state index in [9.17, 15) is 9.18 Å². The van der Waals surface area contributed by atoms with Gasteiger partial charge in [-0.1, -0.05) is 5.10 Å². The maximum atomic E-state index is 12.8. The highest BCUT2D eigenvalue weighted by Gasteiger charge is 2.12. The molecule has 1 amide bonds. The van der Waals surface area contributed by atoms with Crippen LogP contribution < -0.4 is 5.32 Å². The maximum absolute atomic E-state index is 12.8. The van der Waals surface area contributed by atoms with Crippen molar-refractivity contribution in [2.24, 2.45) is 0 Å². The standard InChI is InChI=1S/C14H9FN4O2/c15-11-3-1-9(2-4-11)12(20)17-14-19-18-13(21-14)10-5-7-16-8-6-10/h1-8H,(H,17,19,20). The van der Waals surface area contributed by atoms with Gasteiger partial charge in [-0.05, 0) is 36.4 Å². The van der Waals surface area contributed by atoms with Gasteiger partial charge in [-0.15, -0.1) is 5.10 Å². The highest BCUT2D eigenvalue weighted by molar-refractivity contribution is 6.03. The molecule has 21 heavy (non-hydrogen) atoms. The van der Waals surface area contributed by atoms with Crippen LogP contribution in [0, 0.1) is 5.82 Å². The number of amides is 1. The fraction of sp³-hybridized carbons (Fsp3) is 0. The van der Waals surface area contributed by atoms with Crippen molar-refractivity contribution in [2.75, 3.05) is 5.32 Å². The van der Waals surface area contributed by atoms with Crippen molar-refractivity contribution >= 4 is 11.9 Å². The van der Waals surface area contributed by atoms with Crippen LogP contribution >= 0.6 is 0 Å². The number of hydrogen-bond acceptors (Lipinski definition) is 5. The van der Waals surface area contributed by atoms with Gasteiger partial charge in [-0.3, -0.25) is 15.1 Å². The van der Waals surface area contributed by atoms with E-state index < -0.39 is 11.7 Å². The molecule has 0 unspecified atom stereocenters. The third-order valence-corrected chi connectivity index (χ3v) is 2.68. The lowest BCUT2D eigenvalue weighted by molar-refractivity contribution is 0.102. The van der Waals surface area contributed by atoms with Gasteiger partial charge in [0.25, 0.3) is 5.91 Å². The molecule has 1 aromatic carbocycles. The van der Waals surface area contributed by atoms with Crippen LogP contribution in [0.4, 0.5) is 10.4 Å². The lowest BCUT2D eigenvalue weighted by Crippen LogP contribution is -2.12. The van der Waals surface area contributed by atoms with Gasteiger partial charge in [0.2, 0.25) is 5.89 Å². The molecule has 0 saturated carbocycles. The summed E-state index contributed by atoms with van der Waals surface area (Å²) in [5.74, 6) is -0.601. The van der Waals surface area contributed by atoms with Gasteiger partial charge in [0.15, 0.2) is 0 Å². The highest BCUT2D eigenvalue weighted by atomic mass is 19.1. The maximum Gasteiger partial charge on any atom is 0.322 e. The number of aromatic nitrogens is 3. The number of pyridine rings is 1. The molecule has 1 N–H and O–H groups in total. The molecule has 0 spiro atoms. The van der Waals surface area contributed by atoms with Gasteiger partial charge < -0.3 is 4.42 Å². The normalized spacial score (nSPS) is 10.3. The minimum absolute atomic E-state index is 0.0314. The lowest BCUT2D eigenvalue weighted by atomic mass is 10.2. The van der Waals surface area contributed by atoms with Gasteiger partial charge in [-0.2, -0.15) is 0 Å². The van der Waals surface area contributed by atoms with Crippen molar-refractivity contribution in [1.82, 2.24) is 15.2 Å². The van der Waals surface area contributed by atoms with E-state index in [1.165, 1.54) is 24.3 Å². The lowest BCUT2D eigenvalue weighted by Gasteiger charge is -1.99. The van der Waals surface area contributed by atoms with Crippen molar-refractivity contribution in [2.45, 2.75) is 0 Å². The summed E-state index contributed by atoms with van der Waals surface area (Å²) in [6.07, 6.45) is 3.19. The number of nitrogens with zero attached hydrogens (tertiary/aromatic N) is 3. The highest BCUT2D eigenvalue weighted by Crippen LogP contribution is 2.18.